The zero-order chi connectivity index (χ0) is 25.0. The largest absolute Gasteiger partial charge is 0.388 e. The number of hydrogen-bond acceptors (Lipinski definition) is 10. The van der Waals surface area contributed by atoms with Crippen molar-refractivity contribution in [2.75, 3.05) is 12.9 Å². The molecule has 2 aromatic heterocycles. The third-order valence-electron chi connectivity index (χ3n) is 6.55. The quantitative estimate of drug-likeness (QED) is 0.386. The number of aliphatic hydroxyl groups is 1. The van der Waals surface area contributed by atoms with Crippen molar-refractivity contribution in [3.63, 3.8) is 0 Å². The van der Waals surface area contributed by atoms with Crippen LogP contribution in [-0.4, -0.2) is 62.1 Å². The zero-order valence-corrected chi connectivity index (χ0v) is 21.7. The van der Waals surface area contributed by atoms with E-state index in [-0.39, 0.29) is 6.61 Å². The second-order valence-corrected chi connectivity index (χ2v) is 11.1. The second kappa shape index (κ2) is 9.49. The maximum absolute atomic E-state index is 11.3. The normalized spacial score (nSPS) is 28.4. The minimum Gasteiger partial charge on any atom is -0.388 e. The standard InChI is InChI=1S/C25H27N5O4S2/c1-12-27-24(30(29-12)16-10-18-15(9-19(16)35-3)28-13(2)36-18)23-21(31)20(26)22-17(33-23)11-32-25(34-22)14-7-5-4-6-8-14/h4-10,17,20-23,25,31H,11,26H2,1-3H3/t17?,20?,21?,22-,23+,25?/m0/s1. The number of nitrogens with two attached hydrogens (primary N) is 1. The van der Waals surface area contributed by atoms with Crippen LogP contribution in [0.25, 0.3) is 15.9 Å². The van der Waals surface area contributed by atoms with Gasteiger partial charge in [-0.15, -0.1) is 23.1 Å². The topological polar surface area (TPSA) is 118 Å². The third kappa shape index (κ3) is 4.14. The molecule has 0 aliphatic carbocycles. The van der Waals surface area contributed by atoms with Gasteiger partial charge < -0.3 is 25.1 Å². The van der Waals surface area contributed by atoms with E-state index < -0.39 is 36.7 Å². The molecule has 36 heavy (non-hydrogen) atoms. The Kier molecular flexibility index (Phi) is 6.32. The number of rotatable bonds is 4. The van der Waals surface area contributed by atoms with Crippen LogP contribution in [0.5, 0.6) is 0 Å². The van der Waals surface area contributed by atoms with Crippen molar-refractivity contribution in [1.82, 2.24) is 19.7 Å². The fourth-order valence-corrected chi connectivity index (χ4v) is 6.27. The molecule has 9 nitrogen and oxygen atoms in total. The Morgan fingerprint density at radius 3 is 2.72 bits per heavy atom. The summed E-state index contributed by atoms with van der Waals surface area (Å²) in [6, 6.07) is 13.1. The first-order valence-electron chi connectivity index (χ1n) is 11.7. The van der Waals surface area contributed by atoms with Crippen LogP contribution in [0, 0.1) is 13.8 Å². The van der Waals surface area contributed by atoms with Gasteiger partial charge in [-0.05, 0) is 32.2 Å². The van der Waals surface area contributed by atoms with Crippen LogP contribution in [0.1, 0.15) is 34.6 Å². The number of aromatic nitrogens is 4. The summed E-state index contributed by atoms with van der Waals surface area (Å²) < 4.78 is 21.3. The Bertz CT molecular complexity index is 1390. The lowest BCUT2D eigenvalue weighted by atomic mass is 9.92. The first kappa shape index (κ1) is 24.0. The van der Waals surface area contributed by atoms with E-state index >= 15 is 0 Å². The molecule has 2 aliphatic heterocycles. The molecule has 11 heteroatoms. The van der Waals surface area contributed by atoms with Gasteiger partial charge in [-0.3, -0.25) is 0 Å². The summed E-state index contributed by atoms with van der Waals surface area (Å²) in [7, 11) is 0. The van der Waals surface area contributed by atoms with Crippen molar-refractivity contribution >= 4 is 33.3 Å². The van der Waals surface area contributed by atoms with Gasteiger partial charge in [0.2, 0.25) is 0 Å². The van der Waals surface area contributed by atoms with Gasteiger partial charge >= 0.3 is 0 Å². The number of benzene rings is 2. The maximum atomic E-state index is 11.3. The predicted molar refractivity (Wildman–Crippen MR) is 137 cm³/mol. The van der Waals surface area contributed by atoms with E-state index in [9.17, 15) is 5.11 Å². The molecule has 4 aromatic rings. The molecule has 2 aliphatic rings. The molecule has 6 atom stereocenters. The van der Waals surface area contributed by atoms with Crippen LogP contribution in [0.15, 0.2) is 47.4 Å². The highest BCUT2D eigenvalue weighted by atomic mass is 32.2. The molecule has 2 aromatic carbocycles. The minimum absolute atomic E-state index is 0.288. The summed E-state index contributed by atoms with van der Waals surface area (Å²) in [5.41, 5.74) is 9.26. The molecule has 2 fully saturated rings. The third-order valence-corrected chi connectivity index (χ3v) is 8.25. The summed E-state index contributed by atoms with van der Waals surface area (Å²) in [6.07, 6.45) is -1.36. The SMILES string of the molecule is CSc1cc2nc(C)sc2cc1-n1nc(C)nc1[C@@H]1OC2COC(c3ccccc3)O[C@@H]2C(N)C1O. The van der Waals surface area contributed by atoms with E-state index in [1.165, 1.54) is 0 Å². The van der Waals surface area contributed by atoms with Crippen molar-refractivity contribution in [2.24, 2.45) is 5.73 Å². The van der Waals surface area contributed by atoms with Gasteiger partial charge in [0.15, 0.2) is 12.1 Å². The molecule has 6 rings (SSSR count). The average molecular weight is 526 g/mol. The lowest BCUT2D eigenvalue weighted by Gasteiger charge is -2.46. The van der Waals surface area contributed by atoms with Gasteiger partial charge in [0.1, 0.15) is 30.2 Å². The summed E-state index contributed by atoms with van der Waals surface area (Å²) in [5, 5.41) is 17.0. The predicted octanol–water partition coefficient (Wildman–Crippen LogP) is 3.46. The van der Waals surface area contributed by atoms with Crippen LogP contribution in [0.2, 0.25) is 0 Å². The lowest BCUT2D eigenvalue weighted by Crippen LogP contribution is -2.62. The molecule has 0 bridgehead atoms. The summed E-state index contributed by atoms with van der Waals surface area (Å²) in [6.45, 7) is 4.11. The van der Waals surface area contributed by atoms with Gasteiger partial charge in [0, 0.05) is 10.5 Å². The molecule has 3 N–H and O–H groups in total. The second-order valence-electron chi connectivity index (χ2n) is 8.99. The van der Waals surface area contributed by atoms with E-state index in [1.807, 2.05) is 50.4 Å². The van der Waals surface area contributed by atoms with Crippen LogP contribution in [0.3, 0.4) is 0 Å². The van der Waals surface area contributed by atoms with Gasteiger partial charge in [-0.1, -0.05) is 30.3 Å². The molecular formula is C25H27N5O4S2. The highest BCUT2D eigenvalue weighted by molar-refractivity contribution is 7.98. The van der Waals surface area contributed by atoms with Crippen LogP contribution in [0.4, 0.5) is 0 Å². The Balaban J connectivity index is 1.33. The molecule has 4 unspecified atom stereocenters. The van der Waals surface area contributed by atoms with Crippen molar-refractivity contribution in [3.8, 4) is 5.69 Å². The smallest absolute Gasteiger partial charge is 0.184 e. The molecule has 0 saturated carbocycles. The van der Waals surface area contributed by atoms with E-state index in [0.29, 0.717) is 11.6 Å². The Morgan fingerprint density at radius 1 is 1.14 bits per heavy atom. The zero-order valence-electron chi connectivity index (χ0n) is 20.1. The number of thiazole rings is 1. The first-order chi connectivity index (χ1) is 17.4. The molecule has 0 spiro atoms. The number of thioether (sulfide) groups is 1. The molecule has 4 heterocycles. The number of fused-ring (bicyclic) bond motifs is 2. The summed E-state index contributed by atoms with van der Waals surface area (Å²) >= 11 is 3.23. The van der Waals surface area contributed by atoms with Gasteiger partial charge in [0.05, 0.1) is 33.6 Å². The highest BCUT2D eigenvalue weighted by Crippen LogP contribution is 2.39. The fraction of sp³-hybridized carbons (Fsp3) is 0.400. The van der Waals surface area contributed by atoms with Crippen LogP contribution < -0.4 is 5.73 Å². The monoisotopic (exact) mass is 525 g/mol. The first-order valence-corrected chi connectivity index (χ1v) is 13.8. The lowest BCUT2D eigenvalue weighted by molar-refractivity contribution is -0.309. The van der Waals surface area contributed by atoms with Crippen molar-refractivity contribution in [2.45, 2.75) is 55.5 Å². The van der Waals surface area contributed by atoms with E-state index in [4.69, 9.17) is 19.9 Å². The number of aliphatic hydroxyl groups excluding tert-OH is 1. The van der Waals surface area contributed by atoms with Crippen molar-refractivity contribution < 1.29 is 19.3 Å². The number of hydrogen-bond donors (Lipinski definition) is 2. The van der Waals surface area contributed by atoms with E-state index in [1.54, 1.807) is 27.8 Å². The van der Waals surface area contributed by atoms with Gasteiger partial charge in [-0.25, -0.2) is 14.6 Å². The molecule has 0 radical (unpaired) electrons. The summed E-state index contributed by atoms with van der Waals surface area (Å²) in [5.74, 6) is 1.07. The molecule has 2 saturated heterocycles. The van der Waals surface area contributed by atoms with Crippen molar-refractivity contribution in [3.05, 3.63) is 64.7 Å². The highest BCUT2D eigenvalue weighted by Gasteiger charge is 2.49. The van der Waals surface area contributed by atoms with Crippen molar-refractivity contribution in [1.29, 1.82) is 0 Å². The Morgan fingerprint density at radius 2 is 1.94 bits per heavy atom. The number of aryl methyl sites for hydroxylation is 2. The Hall–Kier alpha value is -2.38. The fourth-order valence-electron chi connectivity index (χ4n) is 4.85. The van der Waals surface area contributed by atoms with Crippen LogP contribution in [-0.2, 0) is 14.2 Å². The van der Waals surface area contributed by atoms with Crippen LogP contribution >= 0.6 is 23.1 Å². The molecular weight excluding hydrogens is 498 g/mol. The number of ether oxygens (including phenoxy) is 3. The molecule has 0 amide bonds. The summed E-state index contributed by atoms with van der Waals surface area (Å²) in [4.78, 5) is 10.3. The van der Waals surface area contributed by atoms with E-state index in [2.05, 4.69) is 27.2 Å². The van der Waals surface area contributed by atoms with Gasteiger partial charge in [0.25, 0.3) is 0 Å². The maximum Gasteiger partial charge on any atom is 0.184 e. The van der Waals surface area contributed by atoms with Gasteiger partial charge in [-0.2, -0.15) is 5.10 Å². The average Bonchev–Trinajstić information content (AvgIpc) is 3.46. The van der Waals surface area contributed by atoms with E-state index in [0.717, 1.165) is 31.4 Å². The number of nitrogens with zero attached hydrogens (tertiary/aromatic N) is 4. The molecule has 188 valence electrons. The Labute approximate surface area is 216 Å². The minimum atomic E-state index is -1.05.